The second-order valence-electron chi connectivity index (χ2n) is 7.90. The van der Waals surface area contributed by atoms with E-state index < -0.39 is 35.8 Å². The van der Waals surface area contributed by atoms with Gasteiger partial charge in [-0.2, -0.15) is 31.8 Å². The van der Waals surface area contributed by atoms with Crippen molar-refractivity contribution in [3.63, 3.8) is 0 Å². The second-order valence-corrected chi connectivity index (χ2v) is 11.1. The van der Waals surface area contributed by atoms with Gasteiger partial charge in [0.1, 0.15) is 22.0 Å². The van der Waals surface area contributed by atoms with E-state index in [1.165, 1.54) is 24.3 Å². The summed E-state index contributed by atoms with van der Waals surface area (Å²) in [4.78, 5) is 10.5. The molecular weight excluding hydrogens is 592 g/mol. The monoisotopic (exact) mass is 610 g/mol. The predicted molar refractivity (Wildman–Crippen MR) is 144 cm³/mol. The molecule has 19 heteroatoms. The van der Waals surface area contributed by atoms with Crippen LogP contribution in [0.3, 0.4) is 0 Å². The van der Waals surface area contributed by atoms with Crippen molar-refractivity contribution in [1.82, 2.24) is 15.0 Å². The number of aromatic nitrogens is 3. The van der Waals surface area contributed by atoms with Gasteiger partial charge in [0.2, 0.25) is 17.2 Å². The topological polar surface area (TPSA) is 263 Å². The molecule has 1 heterocycles. The predicted octanol–water partition coefficient (Wildman–Crippen LogP) is 3.02. The van der Waals surface area contributed by atoms with Crippen LogP contribution in [-0.2, 0) is 20.2 Å². The molecule has 0 fully saturated rings. The highest BCUT2D eigenvalue weighted by Gasteiger charge is 2.19. The van der Waals surface area contributed by atoms with E-state index in [0.29, 0.717) is 0 Å². The maximum Gasteiger partial charge on any atom is 0.296 e. The van der Waals surface area contributed by atoms with Crippen molar-refractivity contribution in [2.45, 2.75) is 9.79 Å². The van der Waals surface area contributed by atoms with Crippen molar-refractivity contribution < 1.29 is 36.2 Å². The van der Waals surface area contributed by atoms with Gasteiger partial charge in [-0.3, -0.25) is 9.11 Å². The average molecular weight is 611 g/mol. The molecule has 0 bridgehead atoms. The minimum absolute atomic E-state index is 0.00447. The third kappa shape index (κ3) is 6.50. The molecule has 4 rings (SSSR count). The fourth-order valence-corrected chi connectivity index (χ4v) is 4.78. The summed E-state index contributed by atoms with van der Waals surface area (Å²) in [6, 6.07) is 8.16. The van der Waals surface area contributed by atoms with Crippen LogP contribution in [0.4, 0.5) is 34.6 Å². The molecule has 0 spiro atoms. The highest BCUT2D eigenvalue weighted by atomic mass is 35.5. The lowest BCUT2D eigenvalue weighted by Crippen LogP contribution is -2.10. The van der Waals surface area contributed by atoms with E-state index in [9.17, 15) is 31.0 Å². The van der Waals surface area contributed by atoms with E-state index in [-0.39, 0.29) is 63.9 Å². The van der Waals surface area contributed by atoms with Crippen LogP contribution in [0.25, 0.3) is 10.8 Å². The van der Waals surface area contributed by atoms with Crippen molar-refractivity contribution in [2.24, 2.45) is 10.2 Å². The number of azo groups is 1. The van der Waals surface area contributed by atoms with Crippen LogP contribution in [0.1, 0.15) is 0 Å². The first-order chi connectivity index (χ1) is 18.8. The molecule has 0 radical (unpaired) electrons. The Hall–Kier alpha value is -4.20. The van der Waals surface area contributed by atoms with Crippen LogP contribution in [-0.4, -0.2) is 64.3 Å². The normalized spacial score (nSPS) is 12.2. The average Bonchev–Trinajstić information content (AvgIpc) is 2.86. The molecule has 40 heavy (non-hydrogen) atoms. The number of nitrogen functional groups attached to an aromatic ring is 1. The number of anilines is 4. The van der Waals surface area contributed by atoms with Gasteiger partial charge in [-0.15, -0.1) is 10.2 Å². The molecule has 1 aromatic heterocycles. The molecule has 0 aliphatic heterocycles. The Labute approximate surface area is 231 Å². The van der Waals surface area contributed by atoms with Gasteiger partial charge in [0.25, 0.3) is 20.2 Å². The Morgan fingerprint density at radius 2 is 1.65 bits per heavy atom. The Morgan fingerprint density at radius 1 is 0.925 bits per heavy atom. The van der Waals surface area contributed by atoms with Gasteiger partial charge >= 0.3 is 0 Å². The van der Waals surface area contributed by atoms with E-state index in [0.717, 1.165) is 18.2 Å². The van der Waals surface area contributed by atoms with E-state index in [4.69, 9.17) is 22.4 Å². The molecule has 0 aliphatic carbocycles. The number of aromatic hydroxyl groups is 1. The molecule has 0 saturated heterocycles. The zero-order valence-electron chi connectivity index (χ0n) is 19.9. The molecule has 0 aliphatic rings. The molecule has 3 aromatic carbocycles. The van der Waals surface area contributed by atoms with E-state index in [1.807, 2.05) is 0 Å². The quantitative estimate of drug-likeness (QED) is 0.0815. The van der Waals surface area contributed by atoms with Crippen molar-refractivity contribution in [1.29, 1.82) is 0 Å². The van der Waals surface area contributed by atoms with E-state index in [2.05, 4.69) is 35.8 Å². The van der Waals surface area contributed by atoms with Gasteiger partial charge in [-0.05, 0) is 47.3 Å². The number of hydrogen-bond acceptors (Lipinski definition) is 14. The number of fused-ring (bicyclic) bond motifs is 1. The summed E-state index contributed by atoms with van der Waals surface area (Å²) < 4.78 is 66.4. The number of aliphatic hydroxyl groups excluding tert-OH is 1. The zero-order chi connectivity index (χ0) is 29.2. The van der Waals surface area contributed by atoms with Crippen molar-refractivity contribution in [3.05, 3.63) is 47.7 Å². The lowest BCUT2D eigenvalue weighted by Gasteiger charge is -2.10. The van der Waals surface area contributed by atoms with Crippen LogP contribution in [0, 0.1) is 0 Å². The largest absolute Gasteiger partial charge is 0.507 e. The van der Waals surface area contributed by atoms with Gasteiger partial charge in [0, 0.05) is 18.3 Å². The summed E-state index contributed by atoms with van der Waals surface area (Å²) in [5.74, 6) is -0.638. The van der Waals surface area contributed by atoms with Crippen molar-refractivity contribution in [2.75, 3.05) is 29.5 Å². The Balaban J connectivity index is 1.74. The van der Waals surface area contributed by atoms with Crippen LogP contribution in [0.15, 0.2) is 62.5 Å². The fraction of sp³-hybridized carbons (Fsp3) is 0.0952. The number of phenols is 1. The third-order valence-electron chi connectivity index (χ3n) is 5.13. The molecule has 0 unspecified atom stereocenters. The second kappa shape index (κ2) is 11.1. The first kappa shape index (κ1) is 28.8. The standard InChI is InChI=1S/C21H19ClN8O8S2/c22-19-26-20(24-5-6-31)28-21(27-19)25-11-2-4-14(16(8-11)40(36,37)38)29-30-18-13(23)3-1-10-7-12(39(33,34)35)9-15(32)17(10)18/h1-4,7-9,31-32H,5-6,23H2,(H,33,34,35)(H,36,37,38)(H2,24,25,26,27,28)/b30-29+. The summed E-state index contributed by atoms with van der Waals surface area (Å²) >= 11 is 5.88. The van der Waals surface area contributed by atoms with Crippen LogP contribution < -0.4 is 16.4 Å². The summed E-state index contributed by atoms with van der Waals surface area (Å²) in [6.45, 7) is -0.0669. The SMILES string of the molecule is Nc1ccc2cc(S(=O)(=O)O)cc(O)c2c1/N=N/c1ccc(Nc2nc(Cl)nc(NCCO)n2)cc1S(=O)(=O)O. The van der Waals surface area contributed by atoms with Crippen LogP contribution in [0.2, 0.25) is 5.28 Å². The first-order valence-corrected chi connectivity index (χ1v) is 14.1. The van der Waals surface area contributed by atoms with Gasteiger partial charge in [0.05, 0.1) is 22.6 Å². The highest BCUT2D eigenvalue weighted by molar-refractivity contribution is 7.86. The van der Waals surface area contributed by atoms with Crippen LogP contribution in [0.5, 0.6) is 5.75 Å². The molecule has 210 valence electrons. The number of phenolic OH excluding ortho intramolecular Hbond substituents is 1. The van der Waals surface area contributed by atoms with Crippen LogP contribution >= 0.6 is 11.6 Å². The molecular formula is C21H19ClN8O8S2. The lowest BCUT2D eigenvalue weighted by molar-refractivity contribution is 0.311. The molecule has 0 amide bonds. The van der Waals surface area contributed by atoms with Crippen molar-refractivity contribution >= 4 is 77.3 Å². The smallest absolute Gasteiger partial charge is 0.296 e. The number of benzene rings is 3. The number of nitrogens with one attached hydrogen (secondary N) is 2. The molecule has 0 atom stereocenters. The summed E-state index contributed by atoms with van der Waals surface area (Å²) in [6.07, 6.45) is 0. The van der Waals surface area contributed by atoms with Gasteiger partial charge in [-0.25, -0.2) is 0 Å². The summed E-state index contributed by atoms with van der Waals surface area (Å²) in [7, 11) is -9.48. The van der Waals surface area contributed by atoms with Gasteiger partial charge in [-0.1, -0.05) is 6.07 Å². The van der Waals surface area contributed by atoms with Gasteiger partial charge < -0.3 is 26.6 Å². The Kier molecular flexibility index (Phi) is 8.00. The lowest BCUT2D eigenvalue weighted by atomic mass is 10.1. The zero-order valence-corrected chi connectivity index (χ0v) is 22.3. The summed E-state index contributed by atoms with van der Waals surface area (Å²) in [5, 5.41) is 32.5. The minimum Gasteiger partial charge on any atom is -0.507 e. The number of halogens is 1. The maximum absolute atomic E-state index is 12.1. The number of rotatable bonds is 9. The number of nitrogens with two attached hydrogens (primary N) is 1. The highest BCUT2D eigenvalue weighted by Crippen LogP contribution is 2.41. The maximum atomic E-state index is 12.1. The Bertz CT molecular complexity index is 1870. The van der Waals surface area contributed by atoms with Gasteiger partial charge in [0.15, 0.2) is 0 Å². The Morgan fingerprint density at radius 3 is 2.33 bits per heavy atom. The summed E-state index contributed by atoms with van der Waals surface area (Å²) in [5.41, 5.74) is 5.61. The molecule has 0 saturated carbocycles. The first-order valence-electron chi connectivity index (χ1n) is 10.9. The van der Waals surface area contributed by atoms with Crippen molar-refractivity contribution in [3.8, 4) is 5.75 Å². The van der Waals surface area contributed by atoms with E-state index in [1.54, 1.807) is 0 Å². The molecule has 8 N–H and O–H groups in total. The molecule has 4 aromatic rings. The number of hydrogen-bond donors (Lipinski definition) is 7. The van der Waals surface area contributed by atoms with E-state index >= 15 is 0 Å². The number of nitrogens with zero attached hydrogens (tertiary/aromatic N) is 5. The minimum atomic E-state index is -4.85. The number of aliphatic hydroxyl groups is 1. The molecule has 16 nitrogen and oxygen atoms in total. The third-order valence-corrected chi connectivity index (χ3v) is 7.01. The fourth-order valence-electron chi connectivity index (χ4n) is 3.44.